The number of carbonyl (C=O) groups excluding carboxylic acids is 1. The van der Waals surface area contributed by atoms with Crippen LogP contribution in [0.15, 0.2) is 42.2 Å². The molecule has 0 aliphatic carbocycles. The van der Waals surface area contributed by atoms with E-state index in [2.05, 4.69) is 10.3 Å². The number of carbonyl (C=O) groups is 1. The van der Waals surface area contributed by atoms with E-state index in [-0.39, 0.29) is 12.2 Å². The molecule has 0 radical (unpaired) electrons. The van der Waals surface area contributed by atoms with Crippen LogP contribution in [0.3, 0.4) is 0 Å². The molecule has 0 saturated carbocycles. The average molecular weight is 297 g/mol. The summed E-state index contributed by atoms with van der Waals surface area (Å²) in [5, 5.41) is 12.8. The van der Waals surface area contributed by atoms with Crippen molar-refractivity contribution in [1.82, 2.24) is 4.98 Å². The third-order valence-corrected chi connectivity index (χ3v) is 2.90. The Labute approximate surface area is 128 Å². The van der Waals surface area contributed by atoms with Gasteiger partial charge in [-0.2, -0.15) is 5.26 Å². The van der Waals surface area contributed by atoms with Crippen LogP contribution in [-0.2, 0) is 9.53 Å². The molecule has 0 aliphatic rings. The van der Waals surface area contributed by atoms with Gasteiger partial charge >= 0.3 is 5.97 Å². The van der Waals surface area contributed by atoms with Crippen molar-refractivity contribution >= 4 is 22.6 Å². The first kappa shape index (κ1) is 15.3. The van der Waals surface area contributed by atoms with E-state index >= 15 is 0 Å². The fourth-order valence-electron chi connectivity index (χ4n) is 1.89. The highest BCUT2D eigenvalue weighted by atomic mass is 16.5. The van der Waals surface area contributed by atoms with Gasteiger partial charge in [-0.15, -0.1) is 0 Å². The Morgan fingerprint density at radius 2 is 2.32 bits per heavy atom. The summed E-state index contributed by atoms with van der Waals surface area (Å²) >= 11 is 0. The lowest BCUT2D eigenvalue weighted by Gasteiger charge is -2.09. The van der Waals surface area contributed by atoms with Crippen LogP contribution in [0.2, 0.25) is 0 Å². The molecule has 0 spiro atoms. The SMILES string of the molecule is CCOC(=O)C(C#N)=CNc1cc(OC)cc2cccnc12. The van der Waals surface area contributed by atoms with Crippen molar-refractivity contribution in [3.63, 3.8) is 0 Å². The van der Waals surface area contributed by atoms with Crippen LogP contribution < -0.4 is 10.1 Å². The number of fused-ring (bicyclic) bond motifs is 1. The van der Waals surface area contributed by atoms with Crippen LogP contribution in [0.4, 0.5) is 5.69 Å². The maximum absolute atomic E-state index is 11.6. The molecule has 1 heterocycles. The standard InChI is InChI=1S/C16H15N3O3/c1-3-22-16(20)12(9-17)10-19-14-8-13(21-2)7-11-5-4-6-18-15(11)14/h4-8,10,19H,3H2,1-2H3. The van der Waals surface area contributed by atoms with Crippen molar-refractivity contribution in [2.24, 2.45) is 0 Å². The average Bonchev–Trinajstić information content (AvgIpc) is 2.55. The van der Waals surface area contributed by atoms with Gasteiger partial charge in [0, 0.05) is 23.8 Å². The lowest BCUT2D eigenvalue weighted by molar-refractivity contribution is -0.138. The predicted molar refractivity (Wildman–Crippen MR) is 82.2 cm³/mol. The number of esters is 1. The highest BCUT2D eigenvalue weighted by Crippen LogP contribution is 2.27. The molecule has 0 atom stereocenters. The second-order valence-electron chi connectivity index (χ2n) is 4.28. The molecule has 0 aliphatic heterocycles. The highest BCUT2D eigenvalue weighted by molar-refractivity contribution is 5.95. The van der Waals surface area contributed by atoms with Gasteiger partial charge in [0.2, 0.25) is 0 Å². The number of ether oxygens (including phenoxy) is 2. The molecule has 0 amide bonds. The van der Waals surface area contributed by atoms with E-state index in [1.54, 1.807) is 32.4 Å². The van der Waals surface area contributed by atoms with Gasteiger partial charge in [-0.05, 0) is 19.1 Å². The van der Waals surface area contributed by atoms with Crippen molar-refractivity contribution in [1.29, 1.82) is 5.26 Å². The van der Waals surface area contributed by atoms with Crippen LogP contribution in [0.5, 0.6) is 5.75 Å². The summed E-state index contributed by atoms with van der Waals surface area (Å²) in [4.78, 5) is 15.9. The fraction of sp³-hybridized carbons (Fsp3) is 0.188. The minimum atomic E-state index is -0.669. The largest absolute Gasteiger partial charge is 0.497 e. The number of hydrogen-bond acceptors (Lipinski definition) is 6. The van der Waals surface area contributed by atoms with Crippen LogP contribution in [0.1, 0.15) is 6.92 Å². The molecule has 6 nitrogen and oxygen atoms in total. The number of pyridine rings is 1. The molecular formula is C16H15N3O3. The van der Waals surface area contributed by atoms with Crippen LogP contribution in [0, 0.1) is 11.3 Å². The molecule has 6 heteroatoms. The number of anilines is 1. The van der Waals surface area contributed by atoms with Gasteiger partial charge in [-0.1, -0.05) is 6.07 Å². The predicted octanol–water partition coefficient (Wildman–Crippen LogP) is 2.63. The van der Waals surface area contributed by atoms with Crippen molar-refractivity contribution in [2.75, 3.05) is 19.0 Å². The zero-order valence-corrected chi connectivity index (χ0v) is 12.3. The number of aromatic nitrogens is 1. The second kappa shape index (κ2) is 7.09. The first-order chi connectivity index (χ1) is 10.7. The molecule has 2 aromatic rings. The number of nitrogens with one attached hydrogen (secondary N) is 1. The maximum Gasteiger partial charge on any atom is 0.350 e. The Morgan fingerprint density at radius 1 is 1.50 bits per heavy atom. The lowest BCUT2D eigenvalue weighted by Crippen LogP contribution is -2.08. The Bertz CT molecular complexity index is 763. The summed E-state index contributed by atoms with van der Waals surface area (Å²) in [6, 6.07) is 9.12. The van der Waals surface area contributed by atoms with Gasteiger partial charge in [0.1, 0.15) is 11.8 Å². The fourth-order valence-corrected chi connectivity index (χ4v) is 1.89. The molecule has 1 N–H and O–H groups in total. The molecule has 1 aromatic heterocycles. The second-order valence-corrected chi connectivity index (χ2v) is 4.28. The first-order valence-electron chi connectivity index (χ1n) is 6.66. The number of hydrogen-bond donors (Lipinski definition) is 1. The summed E-state index contributed by atoms with van der Waals surface area (Å²) in [6.07, 6.45) is 2.97. The lowest BCUT2D eigenvalue weighted by atomic mass is 10.1. The van der Waals surface area contributed by atoms with E-state index in [1.807, 2.05) is 18.2 Å². The smallest absolute Gasteiger partial charge is 0.350 e. The molecule has 0 unspecified atom stereocenters. The Kier molecular flexibility index (Phi) is 4.94. The Balaban J connectivity index is 2.38. The summed E-state index contributed by atoms with van der Waals surface area (Å²) in [5.74, 6) is -0.0243. The number of nitriles is 1. The number of rotatable bonds is 5. The molecule has 2 rings (SSSR count). The van der Waals surface area contributed by atoms with Gasteiger partial charge in [0.15, 0.2) is 5.57 Å². The molecule has 22 heavy (non-hydrogen) atoms. The minimum Gasteiger partial charge on any atom is -0.497 e. The quantitative estimate of drug-likeness (QED) is 0.519. The zero-order chi connectivity index (χ0) is 15.9. The minimum absolute atomic E-state index is 0.117. The van der Waals surface area contributed by atoms with E-state index in [4.69, 9.17) is 14.7 Å². The molecular weight excluding hydrogens is 282 g/mol. The normalized spacial score (nSPS) is 10.9. The highest BCUT2D eigenvalue weighted by Gasteiger charge is 2.10. The van der Waals surface area contributed by atoms with Gasteiger partial charge in [0.25, 0.3) is 0 Å². The first-order valence-corrected chi connectivity index (χ1v) is 6.66. The summed E-state index contributed by atoms with van der Waals surface area (Å²) in [7, 11) is 1.57. The van der Waals surface area contributed by atoms with Gasteiger partial charge in [-0.3, -0.25) is 4.98 Å². The van der Waals surface area contributed by atoms with Gasteiger partial charge in [0.05, 0.1) is 24.9 Å². The third-order valence-electron chi connectivity index (χ3n) is 2.90. The third kappa shape index (κ3) is 3.33. The summed E-state index contributed by atoms with van der Waals surface area (Å²) in [6.45, 7) is 1.89. The van der Waals surface area contributed by atoms with E-state index in [0.29, 0.717) is 17.0 Å². The van der Waals surface area contributed by atoms with E-state index in [0.717, 1.165) is 5.39 Å². The monoisotopic (exact) mass is 297 g/mol. The van der Waals surface area contributed by atoms with Gasteiger partial charge in [-0.25, -0.2) is 4.79 Å². The molecule has 0 saturated heterocycles. The number of methoxy groups -OCH3 is 1. The van der Waals surface area contributed by atoms with E-state index < -0.39 is 5.97 Å². The van der Waals surface area contributed by atoms with Crippen molar-refractivity contribution < 1.29 is 14.3 Å². The molecule has 1 aromatic carbocycles. The number of nitrogens with zero attached hydrogens (tertiary/aromatic N) is 2. The Hall–Kier alpha value is -3.07. The zero-order valence-electron chi connectivity index (χ0n) is 12.3. The maximum atomic E-state index is 11.6. The van der Waals surface area contributed by atoms with E-state index in [1.165, 1.54) is 6.20 Å². The number of benzene rings is 1. The van der Waals surface area contributed by atoms with Crippen molar-refractivity contribution in [3.05, 3.63) is 42.2 Å². The van der Waals surface area contributed by atoms with Gasteiger partial charge < -0.3 is 14.8 Å². The van der Waals surface area contributed by atoms with E-state index in [9.17, 15) is 4.79 Å². The molecule has 0 fully saturated rings. The Morgan fingerprint density at radius 3 is 3.00 bits per heavy atom. The molecule has 0 bridgehead atoms. The van der Waals surface area contributed by atoms with Crippen molar-refractivity contribution in [2.45, 2.75) is 6.92 Å². The van der Waals surface area contributed by atoms with Crippen molar-refractivity contribution in [3.8, 4) is 11.8 Å². The molecule has 112 valence electrons. The van der Waals surface area contributed by atoms with Crippen LogP contribution in [0.25, 0.3) is 10.9 Å². The summed E-state index contributed by atoms with van der Waals surface area (Å²) < 4.78 is 10.0. The van der Waals surface area contributed by atoms with Crippen LogP contribution in [-0.4, -0.2) is 24.7 Å². The van der Waals surface area contributed by atoms with Crippen LogP contribution >= 0.6 is 0 Å². The summed E-state index contributed by atoms with van der Waals surface area (Å²) in [5.41, 5.74) is 1.22. The topological polar surface area (TPSA) is 84.2 Å².